The lowest BCUT2D eigenvalue weighted by Crippen LogP contribution is -2.32. The molecule has 1 aliphatic carbocycles. The zero-order valence-corrected chi connectivity index (χ0v) is 22.3. The molecule has 1 amide bonds. The van der Waals surface area contributed by atoms with E-state index in [1.807, 2.05) is 12.1 Å². The third-order valence-corrected chi connectivity index (χ3v) is 7.77. The first-order valence-electron chi connectivity index (χ1n) is 13.8. The first-order chi connectivity index (χ1) is 18.7. The molecule has 0 bridgehead atoms. The highest BCUT2D eigenvalue weighted by molar-refractivity contribution is 5.97. The predicted octanol–water partition coefficient (Wildman–Crippen LogP) is 5.62. The second-order valence-electron chi connectivity index (χ2n) is 10.7. The fourth-order valence-corrected chi connectivity index (χ4v) is 5.27. The molecule has 1 heterocycles. The molecule has 2 aromatic carbocycles. The van der Waals surface area contributed by atoms with E-state index >= 15 is 0 Å². The van der Waals surface area contributed by atoms with Gasteiger partial charge >= 0.3 is 5.97 Å². The lowest BCUT2D eigenvalue weighted by Gasteiger charge is -2.32. The number of nitrogens with one attached hydrogen (secondary N) is 1. The van der Waals surface area contributed by atoms with Crippen molar-refractivity contribution >= 4 is 23.3 Å². The number of rotatable bonds is 10. The third-order valence-electron chi connectivity index (χ3n) is 7.77. The topological polar surface area (TPSA) is 95.9 Å². The van der Waals surface area contributed by atoms with Crippen molar-refractivity contribution in [2.75, 3.05) is 24.5 Å². The van der Waals surface area contributed by atoms with E-state index < -0.39 is 34.9 Å². The number of ketones is 1. The second kappa shape index (κ2) is 13.0. The van der Waals surface area contributed by atoms with Crippen LogP contribution in [0.25, 0.3) is 0 Å². The van der Waals surface area contributed by atoms with E-state index in [9.17, 15) is 23.2 Å². The number of Topliss-reactive ketones (excluding diaryl/α,β-unsaturated/α-hetero) is 1. The summed E-state index contributed by atoms with van der Waals surface area (Å²) in [6.45, 7) is 4.47. The second-order valence-corrected chi connectivity index (χ2v) is 10.7. The van der Waals surface area contributed by atoms with Crippen LogP contribution in [0.3, 0.4) is 0 Å². The molecule has 4 rings (SSSR count). The smallest absolute Gasteiger partial charge is 0.306 e. The third kappa shape index (κ3) is 7.55. The van der Waals surface area contributed by atoms with Gasteiger partial charge in [0, 0.05) is 49.4 Å². The number of nitrogens with zero attached hydrogens (tertiary/aromatic N) is 1. The summed E-state index contributed by atoms with van der Waals surface area (Å²) in [6, 6.07) is 9.42. The number of carbonyl (C=O) groups excluding carboxylic acids is 2. The van der Waals surface area contributed by atoms with Crippen molar-refractivity contribution in [1.29, 1.82) is 0 Å². The van der Waals surface area contributed by atoms with Gasteiger partial charge in [0.25, 0.3) is 5.91 Å². The van der Waals surface area contributed by atoms with E-state index in [0.29, 0.717) is 31.2 Å². The Morgan fingerprint density at radius 3 is 2.18 bits per heavy atom. The van der Waals surface area contributed by atoms with Crippen molar-refractivity contribution < 1.29 is 33.0 Å². The average Bonchev–Trinajstić information content (AvgIpc) is 2.91. The van der Waals surface area contributed by atoms with Crippen LogP contribution in [-0.4, -0.2) is 48.5 Å². The maximum absolute atomic E-state index is 14.6. The number of hydrogen-bond donors (Lipinski definition) is 2. The van der Waals surface area contributed by atoms with Crippen molar-refractivity contribution in [3.05, 3.63) is 59.2 Å². The number of anilines is 1. The summed E-state index contributed by atoms with van der Waals surface area (Å²) in [5.41, 5.74) is 0.987. The highest BCUT2D eigenvalue weighted by Gasteiger charge is 2.28. The molecule has 7 nitrogen and oxygen atoms in total. The first-order valence-corrected chi connectivity index (χ1v) is 13.8. The van der Waals surface area contributed by atoms with Crippen LogP contribution in [0.1, 0.15) is 79.0 Å². The number of carboxylic acids is 1. The summed E-state index contributed by atoms with van der Waals surface area (Å²) in [5.74, 6) is -3.49. The fourth-order valence-electron chi connectivity index (χ4n) is 5.27. The van der Waals surface area contributed by atoms with Crippen LogP contribution in [0.5, 0.6) is 5.75 Å². The zero-order chi connectivity index (χ0) is 27.9. The highest BCUT2D eigenvalue weighted by Crippen LogP contribution is 2.30. The van der Waals surface area contributed by atoms with Crippen molar-refractivity contribution in [1.82, 2.24) is 5.32 Å². The molecule has 0 spiro atoms. The van der Waals surface area contributed by atoms with Gasteiger partial charge in [-0.05, 0) is 75.1 Å². The molecular weight excluding hydrogens is 506 g/mol. The Morgan fingerprint density at radius 2 is 1.59 bits per heavy atom. The minimum Gasteiger partial charge on any atom is -0.490 e. The fraction of sp³-hybridized carbons (Fsp3) is 0.500. The summed E-state index contributed by atoms with van der Waals surface area (Å²) in [4.78, 5) is 38.4. The SMILES string of the molecule is CC1CCN(c2ccc(C(=O)NCCCC(=O)c3c(F)cc(OC4CCC(C(=O)O)CC4)cc3F)cc2)CC1. The summed E-state index contributed by atoms with van der Waals surface area (Å²) in [5, 5.41) is 11.8. The standard InChI is InChI=1S/C30H36F2N2O5/c1-19-12-15-34(16-13-19)22-8-4-20(5-9-22)29(36)33-14-2-3-27(35)28-25(31)17-24(18-26(28)32)39-23-10-6-21(7-11-23)30(37)38/h4-5,8-9,17-19,21,23H,2-3,6-7,10-16H2,1H3,(H,33,36)(H,37,38). The summed E-state index contributed by atoms with van der Waals surface area (Å²) in [6.07, 6.45) is 3.95. The molecule has 2 aromatic rings. The molecule has 2 N–H and O–H groups in total. The maximum atomic E-state index is 14.6. The first kappa shape index (κ1) is 28.5. The molecule has 0 atom stereocenters. The van der Waals surface area contributed by atoms with Crippen LogP contribution < -0.4 is 15.0 Å². The van der Waals surface area contributed by atoms with E-state index in [1.54, 1.807) is 12.1 Å². The Hall–Kier alpha value is -3.49. The van der Waals surface area contributed by atoms with Gasteiger partial charge in [-0.2, -0.15) is 0 Å². The molecule has 9 heteroatoms. The normalized spacial score (nSPS) is 19.9. The number of carboxylic acid groups (broad SMARTS) is 1. The number of aliphatic carboxylic acids is 1. The maximum Gasteiger partial charge on any atom is 0.306 e. The molecule has 210 valence electrons. The number of halogens is 2. The van der Waals surface area contributed by atoms with Gasteiger partial charge in [0.05, 0.1) is 17.6 Å². The van der Waals surface area contributed by atoms with Gasteiger partial charge in [0.15, 0.2) is 5.78 Å². The predicted molar refractivity (Wildman–Crippen MR) is 143 cm³/mol. The molecule has 0 radical (unpaired) electrons. The van der Waals surface area contributed by atoms with Crippen LogP contribution in [0.4, 0.5) is 14.5 Å². The largest absolute Gasteiger partial charge is 0.490 e. The molecular formula is C30H36F2N2O5. The Bertz CT molecular complexity index is 1150. The molecule has 1 aliphatic heterocycles. The summed E-state index contributed by atoms with van der Waals surface area (Å²) in [7, 11) is 0. The monoisotopic (exact) mass is 542 g/mol. The molecule has 1 saturated carbocycles. The Morgan fingerprint density at radius 1 is 0.974 bits per heavy atom. The van der Waals surface area contributed by atoms with Gasteiger partial charge in [-0.25, -0.2) is 8.78 Å². The van der Waals surface area contributed by atoms with Gasteiger partial charge in [-0.3, -0.25) is 14.4 Å². The Labute approximate surface area is 227 Å². The zero-order valence-electron chi connectivity index (χ0n) is 22.3. The molecule has 39 heavy (non-hydrogen) atoms. The number of ether oxygens (including phenoxy) is 1. The van der Waals surface area contributed by atoms with Gasteiger partial charge < -0.3 is 20.1 Å². The number of amides is 1. The Kier molecular flexibility index (Phi) is 9.54. The van der Waals surface area contributed by atoms with E-state index in [-0.39, 0.29) is 37.1 Å². The van der Waals surface area contributed by atoms with Gasteiger partial charge in [0.1, 0.15) is 17.4 Å². The van der Waals surface area contributed by atoms with E-state index in [1.165, 1.54) is 0 Å². The van der Waals surface area contributed by atoms with E-state index in [0.717, 1.165) is 49.7 Å². The van der Waals surface area contributed by atoms with E-state index in [2.05, 4.69) is 17.1 Å². The lowest BCUT2D eigenvalue weighted by atomic mass is 9.87. The van der Waals surface area contributed by atoms with Crippen molar-refractivity contribution in [2.45, 2.75) is 64.4 Å². The molecule has 2 fully saturated rings. The van der Waals surface area contributed by atoms with Crippen LogP contribution in [0.2, 0.25) is 0 Å². The van der Waals surface area contributed by atoms with E-state index in [4.69, 9.17) is 9.84 Å². The average molecular weight is 543 g/mol. The molecule has 2 aliphatic rings. The number of piperidine rings is 1. The van der Waals surface area contributed by atoms with Crippen molar-refractivity contribution in [2.24, 2.45) is 11.8 Å². The van der Waals surface area contributed by atoms with Gasteiger partial charge in [-0.1, -0.05) is 6.92 Å². The minimum absolute atomic E-state index is 0.0200. The van der Waals surface area contributed by atoms with Crippen LogP contribution in [-0.2, 0) is 4.79 Å². The number of carbonyl (C=O) groups is 3. The minimum atomic E-state index is -0.999. The van der Waals surface area contributed by atoms with Crippen molar-refractivity contribution in [3.63, 3.8) is 0 Å². The number of hydrogen-bond acceptors (Lipinski definition) is 5. The lowest BCUT2D eigenvalue weighted by molar-refractivity contribution is -0.143. The van der Waals surface area contributed by atoms with Gasteiger partial charge in [-0.15, -0.1) is 0 Å². The summed E-state index contributed by atoms with van der Waals surface area (Å²) >= 11 is 0. The van der Waals surface area contributed by atoms with Crippen molar-refractivity contribution in [3.8, 4) is 5.75 Å². The number of benzene rings is 2. The highest BCUT2D eigenvalue weighted by atomic mass is 19.1. The summed E-state index contributed by atoms with van der Waals surface area (Å²) < 4.78 is 34.9. The molecule has 0 unspecified atom stereocenters. The van der Waals surface area contributed by atoms with Crippen LogP contribution in [0.15, 0.2) is 36.4 Å². The molecule has 1 saturated heterocycles. The Balaban J connectivity index is 1.22. The van der Waals surface area contributed by atoms with Crippen LogP contribution >= 0.6 is 0 Å². The van der Waals surface area contributed by atoms with Crippen LogP contribution in [0, 0.1) is 23.5 Å². The van der Waals surface area contributed by atoms with Gasteiger partial charge in [0.2, 0.25) is 0 Å². The molecule has 0 aromatic heterocycles. The quantitative estimate of drug-likeness (QED) is 0.299.